The SMILES string of the molecule is Cc1cc(C(=O)OCC(=O)NC(C)C2CC3CCC2C3)c2c(C)noc2n1. The first kappa shape index (κ1) is 17.9. The third-order valence-corrected chi connectivity index (χ3v) is 6.12. The average molecular weight is 371 g/mol. The number of nitrogens with zero attached hydrogens (tertiary/aromatic N) is 2. The summed E-state index contributed by atoms with van der Waals surface area (Å²) in [6, 6.07) is 1.74. The van der Waals surface area contributed by atoms with Crippen LogP contribution in [0.4, 0.5) is 0 Å². The number of rotatable bonds is 5. The Morgan fingerprint density at radius 3 is 2.85 bits per heavy atom. The molecule has 144 valence electrons. The highest BCUT2D eigenvalue weighted by atomic mass is 16.5. The van der Waals surface area contributed by atoms with E-state index < -0.39 is 5.97 Å². The van der Waals surface area contributed by atoms with E-state index >= 15 is 0 Å². The Kier molecular flexibility index (Phi) is 4.61. The van der Waals surface area contributed by atoms with Gasteiger partial charge in [-0.15, -0.1) is 0 Å². The van der Waals surface area contributed by atoms with E-state index in [2.05, 4.69) is 22.4 Å². The van der Waals surface area contributed by atoms with E-state index in [-0.39, 0.29) is 18.6 Å². The van der Waals surface area contributed by atoms with Crippen molar-refractivity contribution in [3.63, 3.8) is 0 Å². The summed E-state index contributed by atoms with van der Waals surface area (Å²) in [5.41, 5.74) is 1.82. The number of amides is 1. The Morgan fingerprint density at radius 2 is 2.15 bits per heavy atom. The van der Waals surface area contributed by atoms with Crippen LogP contribution in [0.15, 0.2) is 10.6 Å². The second-order valence-corrected chi connectivity index (χ2v) is 8.03. The van der Waals surface area contributed by atoms with Gasteiger partial charge in [0.2, 0.25) is 0 Å². The summed E-state index contributed by atoms with van der Waals surface area (Å²) in [4.78, 5) is 29.0. The maximum atomic E-state index is 12.5. The van der Waals surface area contributed by atoms with Crippen LogP contribution in [0.5, 0.6) is 0 Å². The zero-order chi connectivity index (χ0) is 19.1. The van der Waals surface area contributed by atoms with Gasteiger partial charge in [0.25, 0.3) is 11.6 Å². The first-order chi connectivity index (χ1) is 12.9. The number of esters is 1. The molecule has 2 aromatic heterocycles. The van der Waals surface area contributed by atoms with Crippen molar-refractivity contribution < 1.29 is 18.8 Å². The van der Waals surface area contributed by atoms with Crippen LogP contribution in [-0.4, -0.2) is 34.7 Å². The molecule has 1 N–H and O–H groups in total. The Hall–Kier alpha value is -2.44. The molecular formula is C20H25N3O4. The van der Waals surface area contributed by atoms with Crippen molar-refractivity contribution in [1.82, 2.24) is 15.5 Å². The Labute approximate surface area is 157 Å². The maximum absolute atomic E-state index is 12.5. The van der Waals surface area contributed by atoms with Gasteiger partial charge < -0.3 is 14.6 Å². The van der Waals surface area contributed by atoms with E-state index in [1.165, 1.54) is 25.7 Å². The lowest BCUT2D eigenvalue weighted by Crippen LogP contribution is -2.42. The molecule has 2 bridgehead atoms. The molecule has 2 heterocycles. The van der Waals surface area contributed by atoms with Crippen molar-refractivity contribution in [3.05, 3.63) is 23.0 Å². The summed E-state index contributed by atoms with van der Waals surface area (Å²) >= 11 is 0. The van der Waals surface area contributed by atoms with Gasteiger partial charge in [-0.3, -0.25) is 4.79 Å². The van der Waals surface area contributed by atoms with Crippen LogP contribution < -0.4 is 5.32 Å². The van der Waals surface area contributed by atoms with Crippen molar-refractivity contribution in [3.8, 4) is 0 Å². The van der Waals surface area contributed by atoms with Gasteiger partial charge in [0.05, 0.1) is 16.6 Å². The zero-order valence-electron chi connectivity index (χ0n) is 15.9. The molecule has 0 saturated heterocycles. The van der Waals surface area contributed by atoms with E-state index in [1.807, 2.05) is 0 Å². The third kappa shape index (κ3) is 3.42. The fourth-order valence-electron chi connectivity index (χ4n) is 4.90. The van der Waals surface area contributed by atoms with E-state index in [9.17, 15) is 9.59 Å². The van der Waals surface area contributed by atoms with Gasteiger partial charge in [-0.05, 0) is 63.9 Å². The minimum absolute atomic E-state index is 0.113. The molecule has 2 aliphatic carbocycles. The lowest BCUT2D eigenvalue weighted by Gasteiger charge is -2.28. The molecule has 1 amide bonds. The van der Waals surface area contributed by atoms with Gasteiger partial charge >= 0.3 is 5.97 Å². The van der Waals surface area contributed by atoms with Crippen molar-refractivity contribution in [1.29, 1.82) is 0 Å². The molecule has 4 rings (SSSR count). The first-order valence-corrected chi connectivity index (χ1v) is 9.62. The first-order valence-electron chi connectivity index (χ1n) is 9.62. The molecule has 0 radical (unpaired) electrons. The van der Waals surface area contributed by atoms with Crippen LogP contribution >= 0.6 is 0 Å². The topological polar surface area (TPSA) is 94.3 Å². The molecule has 2 aromatic rings. The van der Waals surface area contributed by atoms with Crippen LogP contribution in [0, 0.1) is 31.6 Å². The molecule has 4 unspecified atom stereocenters. The fraction of sp³-hybridized carbons (Fsp3) is 0.600. The predicted octanol–water partition coefficient (Wildman–Crippen LogP) is 2.94. The number of fused-ring (bicyclic) bond motifs is 3. The monoisotopic (exact) mass is 371 g/mol. The standard InChI is InChI=1S/C20H25N3O4/c1-10-6-16(18-12(3)23-27-19(18)21-10)20(25)26-9-17(24)22-11(2)15-8-13-4-5-14(15)7-13/h6,11,13-15H,4-5,7-9H2,1-3H3,(H,22,24). The van der Waals surface area contributed by atoms with Crippen LogP contribution in [0.2, 0.25) is 0 Å². The summed E-state index contributed by atoms with van der Waals surface area (Å²) < 4.78 is 10.4. The van der Waals surface area contributed by atoms with Crippen molar-refractivity contribution >= 4 is 23.0 Å². The number of hydrogen-bond acceptors (Lipinski definition) is 6. The normalized spacial score (nSPS) is 24.9. The van der Waals surface area contributed by atoms with E-state index in [0.29, 0.717) is 34.0 Å². The van der Waals surface area contributed by atoms with Gasteiger partial charge in [0.15, 0.2) is 6.61 Å². The maximum Gasteiger partial charge on any atom is 0.339 e. The summed E-state index contributed by atoms with van der Waals surface area (Å²) in [5, 5.41) is 7.39. The van der Waals surface area contributed by atoms with Crippen molar-refractivity contribution in [2.24, 2.45) is 17.8 Å². The number of aryl methyl sites for hydroxylation is 2. The number of ether oxygens (including phenoxy) is 1. The summed E-state index contributed by atoms with van der Waals surface area (Å²) in [5.74, 6) is 1.28. The molecule has 0 aromatic carbocycles. The van der Waals surface area contributed by atoms with Gasteiger partial charge in [0.1, 0.15) is 0 Å². The Balaban J connectivity index is 1.36. The summed E-state index contributed by atoms with van der Waals surface area (Å²) in [7, 11) is 0. The zero-order valence-corrected chi connectivity index (χ0v) is 15.9. The van der Waals surface area contributed by atoms with Crippen LogP contribution in [0.25, 0.3) is 11.1 Å². The smallest absolute Gasteiger partial charge is 0.339 e. The minimum atomic E-state index is -0.570. The number of carbonyl (C=O) groups is 2. The lowest BCUT2D eigenvalue weighted by molar-refractivity contribution is -0.125. The lowest BCUT2D eigenvalue weighted by atomic mass is 9.84. The number of nitrogens with one attached hydrogen (secondary N) is 1. The molecule has 27 heavy (non-hydrogen) atoms. The molecule has 2 fully saturated rings. The van der Waals surface area contributed by atoms with E-state index in [0.717, 1.165) is 11.8 Å². The van der Waals surface area contributed by atoms with Gasteiger partial charge in [-0.1, -0.05) is 11.6 Å². The number of carbonyl (C=O) groups excluding carboxylic acids is 2. The minimum Gasteiger partial charge on any atom is -0.452 e. The van der Waals surface area contributed by atoms with Gasteiger partial charge in [-0.2, -0.15) is 0 Å². The highest BCUT2D eigenvalue weighted by molar-refractivity contribution is 6.03. The highest BCUT2D eigenvalue weighted by Gasteiger charge is 2.42. The molecular weight excluding hydrogens is 346 g/mol. The summed E-state index contributed by atoms with van der Waals surface area (Å²) in [6.45, 7) is 5.26. The summed E-state index contributed by atoms with van der Waals surface area (Å²) in [6.07, 6.45) is 5.11. The number of hydrogen-bond donors (Lipinski definition) is 1. The number of aromatic nitrogens is 2. The van der Waals surface area contributed by atoms with Crippen LogP contribution in [0.3, 0.4) is 0 Å². The van der Waals surface area contributed by atoms with E-state index in [4.69, 9.17) is 9.26 Å². The van der Waals surface area contributed by atoms with Gasteiger partial charge in [-0.25, -0.2) is 9.78 Å². The van der Waals surface area contributed by atoms with E-state index in [1.54, 1.807) is 19.9 Å². The van der Waals surface area contributed by atoms with Crippen molar-refractivity contribution in [2.45, 2.75) is 52.5 Å². The van der Waals surface area contributed by atoms with Gasteiger partial charge in [0, 0.05) is 11.7 Å². The van der Waals surface area contributed by atoms with Crippen molar-refractivity contribution in [2.75, 3.05) is 6.61 Å². The fourth-order valence-corrected chi connectivity index (χ4v) is 4.90. The molecule has 0 spiro atoms. The largest absolute Gasteiger partial charge is 0.452 e. The van der Waals surface area contributed by atoms with Crippen LogP contribution in [0.1, 0.15) is 54.4 Å². The van der Waals surface area contributed by atoms with Crippen LogP contribution in [-0.2, 0) is 9.53 Å². The highest BCUT2D eigenvalue weighted by Crippen LogP contribution is 2.49. The molecule has 7 nitrogen and oxygen atoms in total. The molecule has 2 saturated carbocycles. The molecule has 2 aliphatic rings. The predicted molar refractivity (Wildman–Crippen MR) is 98.1 cm³/mol. The second-order valence-electron chi connectivity index (χ2n) is 8.03. The quantitative estimate of drug-likeness (QED) is 0.812. The third-order valence-electron chi connectivity index (χ3n) is 6.12. The molecule has 0 aliphatic heterocycles. The Morgan fingerprint density at radius 1 is 1.33 bits per heavy atom. The molecule has 4 atom stereocenters. The Bertz CT molecular complexity index is 891. The molecule has 7 heteroatoms. The second kappa shape index (κ2) is 6.94. The number of pyridine rings is 1. The average Bonchev–Trinajstić information content (AvgIpc) is 3.35.